The molecule has 276 valence electrons. The maximum absolute atomic E-state index is 2.50. The lowest BCUT2D eigenvalue weighted by atomic mass is 9.33. The number of benzene rings is 9. The van der Waals surface area contributed by atoms with Gasteiger partial charge in [0.1, 0.15) is 0 Å². The summed E-state index contributed by atoms with van der Waals surface area (Å²) >= 11 is 0. The molecule has 4 nitrogen and oxygen atoms in total. The highest BCUT2D eigenvalue weighted by Gasteiger charge is 2.44. The van der Waals surface area contributed by atoms with Gasteiger partial charge in [-0.1, -0.05) is 127 Å². The van der Waals surface area contributed by atoms with Crippen LogP contribution < -0.4 is 31.1 Å². The Kier molecular flexibility index (Phi) is 7.60. The normalized spacial score (nSPS) is 12.6. The van der Waals surface area contributed by atoms with Gasteiger partial charge in [-0.25, -0.2) is 0 Å². The fraction of sp³-hybridized carbons (Fsp3) is 0. The molecule has 0 aliphatic carbocycles. The lowest BCUT2D eigenvalue weighted by Gasteiger charge is -2.44. The highest BCUT2D eigenvalue weighted by atomic mass is 15.2. The van der Waals surface area contributed by atoms with E-state index in [1.807, 2.05) is 0 Å². The summed E-state index contributed by atoms with van der Waals surface area (Å²) in [6, 6.07) is 81.7. The summed E-state index contributed by atoms with van der Waals surface area (Å²) < 4.78 is 2.43. The first-order valence-electron chi connectivity index (χ1n) is 20.3. The van der Waals surface area contributed by atoms with Crippen molar-refractivity contribution in [2.24, 2.45) is 0 Å². The monoisotopic (exact) mass is 752 g/mol. The standard InChI is InChI=1S/C54H37BN4/c1-6-19-38(20-7-1)56(39-21-8-2-9-22-39)43-33-34-46-52(35-43)58(41-25-12-4-13-26-41)49-31-18-32-50-54(49)55(46)47-36-45-44-29-16-17-30-48(44)57(40-23-10-3-11-24-40)51(45)37-53(47)59(50)42-27-14-5-15-28-42/h1-37H. The van der Waals surface area contributed by atoms with Crippen molar-refractivity contribution in [2.45, 2.75) is 0 Å². The van der Waals surface area contributed by atoms with Crippen molar-refractivity contribution in [2.75, 3.05) is 14.7 Å². The summed E-state index contributed by atoms with van der Waals surface area (Å²) in [5.74, 6) is 0. The van der Waals surface area contributed by atoms with Crippen molar-refractivity contribution in [3.63, 3.8) is 0 Å². The van der Waals surface area contributed by atoms with Gasteiger partial charge in [0.2, 0.25) is 0 Å². The third-order valence-corrected chi connectivity index (χ3v) is 12.1. The quantitative estimate of drug-likeness (QED) is 0.157. The van der Waals surface area contributed by atoms with Crippen LogP contribution in [0.3, 0.4) is 0 Å². The van der Waals surface area contributed by atoms with Crippen molar-refractivity contribution in [1.82, 2.24) is 4.57 Å². The first kappa shape index (κ1) is 33.4. The number of aromatic nitrogens is 1. The summed E-state index contributed by atoms with van der Waals surface area (Å²) in [6.07, 6.45) is 0. The second kappa shape index (κ2) is 13.4. The molecular formula is C54H37BN4. The molecule has 1 aromatic heterocycles. The van der Waals surface area contributed by atoms with E-state index in [2.05, 4.69) is 244 Å². The second-order valence-corrected chi connectivity index (χ2v) is 15.4. The average Bonchev–Trinajstić information content (AvgIpc) is 3.63. The molecule has 2 aliphatic heterocycles. The second-order valence-electron chi connectivity index (χ2n) is 15.4. The Morgan fingerprint density at radius 3 is 1.42 bits per heavy atom. The van der Waals surface area contributed by atoms with E-state index in [-0.39, 0.29) is 6.71 Å². The van der Waals surface area contributed by atoms with E-state index in [0.717, 1.165) is 34.1 Å². The van der Waals surface area contributed by atoms with E-state index in [0.29, 0.717) is 0 Å². The van der Waals surface area contributed by atoms with Crippen LogP contribution in [0.5, 0.6) is 0 Å². The van der Waals surface area contributed by atoms with Crippen molar-refractivity contribution < 1.29 is 0 Å². The first-order chi connectivity index (χ1) is 29.3. The topological polar surface area (TPSA) is 14.7 Å². The lowest BCUT2D eigenvalue weighted by molar-refractivity contribution is 1.18. The molecular weight excluding hydrogens is 715 g/mol. The number of para-hydroxylation sites is 6. The highest BCUT2D eigenvalue weighted by Crippen LogP contribution is 2.47. The van der Waals surface area contributed by atoms with Gasteiger partial charge >= 0.3 is 0 Å². The Labute approximate surface area is 344 Å². The zero-order valence-electron chi connectivity index (χ0n) is 32.2. The molecule has 2 aliphatic rings. The van der Waals surface area contributed by atoms with E-state index in [1.54, 1.807) is 0 Å². The number of rotatable bonds is 6. The Morgan fingerprint density at radius 2 is 0.831 bits per heavy atom. The predicted molar refractivity (Wildman–Crippen MR) is 249 cm³/mol. The van der Waals surface area contributed by atoms with Gasteiger partial charge in [0.05, 0.1) is 11.0 Å². The van der Waals surface area contributed by atoms with Gasteiger partial charge in [-0.3, -0.25) is 0 Å². The number of anilines is 9. The molecule has 0 amide bonds. The Bertz CT molecular complexity index is 3130. The maximum Gasteiger partial charge on any atom is 0.252 e. The summed E-state index contributed by atoms with van der Waals surface area (Å²) in [6.45, 7) is -0.0229. The minimum Gasteiger partial charge on any atom is -0.311 e. The number of hydrogen-bond donors (Lipinski definition) is 0. The van der Waals surface area contributed by atoms with E-state index >= 15 is 0 Å². The van der Waals surface area contributed by atoms with Crippen LogP contribution in [0.25, 0.3) is 27.5 Å². The molecule has 12 rings (SSSR count). The molecule has 0 saturated heterocycles. The molecule has 0 saturated carbocycles. The Hall–Kier alpha value is -7.76. The van der Waals surface area contributed by atoms with Gasteiger partial charge < -0.3 is 19.3 Å². The molecule has 5 heteroatoms. The summed E-state index contributed by atoms with van der Waals surface area (Å²) in [4.78, 5) is 7.34. The van der Waals surface area contributed by atoms with E-state index in [4.69, 9.17) is 0 Å². The molecule has 0 atom stereocenters. The van der Waals surface area contributed by atoms with Crippen molar-refractivity contribution >= 4 is 96.1 Å². The van der Waals surface area contributed by atoms with Gasteiger partial charge in [-0.2, -0.15) is 0 Å². The Morgan fingerprint density at radius 1 is 0.322 bits per heavy atom. The van der Waals surface area contributed by atoms with Crippen LogP contribution in [0.2, 0.25) is 0 Å². The van der Waals surface area contributed by atoms with Gasteiger partial charge in [0.25, 0.3) is 6.71 Å². The summed E-state index contributed by atoms with van der Waals surface area (Å²) in [5.41, 5.74) is 17.8. The van der Waals surface area contributed by atoms with E-state index in [9.17, 15) is 0 Å². The number of fused-ring (bicyclic) bond motifs is 7. The fourth-order valence-corrected chi connectivity index (χ4v) is 9.69. The minimum absolute atomic E-state index is 0.0229. The molecule has 0 radical (unpaired) electrons. The fourth-order valence-electron chi connectivity index (χ4n) is 9.69. The van der Waals surface area contributed by atoms with Crippen molar-refractivity contribution in [1.29, 1.82) is 0 Å². The van der Waals surface area contributed by atoms with E-state index < -0.39 is 0 Å². The van der Waals surface area contributed by atoms with Crippen LogP contribution in [0.1, 0.15) is 0 Å². The SMILES string of the molecule is c1ccc(N(c2ccccc2)c2ccc3c(c2)N(c2ccccc2)c2cccc4c2B3c2cc3c5ccccc5n(-c5ccccc5)c3cc2N4c2ccccc2)cc1. The molecule has 10 aromatic rings. The minimum atomic E-state index is -0.0229. The van der Waals surface area contributed by atoms with Crippen molar-refractivity contribution in [3.8, 4) is 5.69 Å². The maximum atomic E-state index is 2.50. The first-order valence-corrected chi connectivity index (χ1v) is 20.3. The molecule has 59 heavy (non-hydrogen) atoms. The van der Waals surface area contributed by atoms with Crippen LogP contribution in [0, 0.1) is 0 Å². The van der Waals surface area contributed by atoms with Gasteiger partial charge in [-0.05, 0) is 113 Å². The highest BCUT2D eigenvalue weighted by molar-refractivity contribution is 7.00. The molecule has 9 aromatic carbocycles. The molecule has 3 heterocycles. The van der Waals surface area contributed by atoms with Gasteiger partial charge in [-0.15, -0.1) is 0 Å². The van der Waals surface area contributed by atoms with E-state index in [1.165, 1.54) is 60.9 Å². The van der Waals surface area contributed by atoms with Crippen LogP contribution in [0.4, 0.5) is 51.2 Å². The van der Waals surface area contributed by atoms with Gasteiger partial charge in [0, 0.05) is 67.6 Å². The van der Waals surface area contributed by atoms with Crippen LogP contribution in [-0.2, 0) is 0 Å². The van der Waals surface area contributed by atoms with Crippen LogP contribution >= 0.6 is 0 Å². The molecule has 0 fully saturated rings. The Balaban J connectivity index is 1.17. The summed E-state index contributed by atoms with van der Waals surface area (Å²) in [7, 11) is 0. The number of hydrogen-bond acceptors (Lipinski definition) is 3. The lowest BCUT2D eigenvalue weighted by Crippen LogP contribution is -2.61. The predicted octanol–water partition coefficient (Wildman–Crippen LogP) is 12.3. The molecule has 0 unspecified atom stereocenters. The molecule has 0 N–H and O–H groups in total. The third kappa shape index (κ3) is 5.18. The molecule has 0 bridgehead atoms. The largest absolute Gasteiger partial charge is 0.311 e. The van der Waals surface area contributed by atoms with Crippen LogP contribution in [-0.4, -0.2) is 11.3 Å². The average molecular weight is 753 g/mol. The zero-order chi connectivity index (χ0) is 38.9. The molecule has 0 spiro atoms. The van der Waals surface area contributed by atoms with Crippen LogP contribution in [0.15, 0.2) is 224 Å². The summed E-state index contributed by atoms with van der Waals surface area (Å²) in [5, 5.41) is 2.50. The smallest absolute Gasteiger partial charge is 0.252 e. The zero-order valence-corrected chi connectivity index (χ0v) is 32.2. The van der Waals surface area contributed by atoms with Crippen molar-refractivity contribution in [3.05, 3.63) is 224 Å². The third-order valence-electron chi connectivity index (χ3n) is 12.1. The van der Waals surface area contributed by atoms with Gasteiger partial charge in [0.15, 0.2) is 0 Å². The number of nitrogens with zero attached hydrogens (tertiary/aromatic N) is 4.